The second kappa shape index (κ2) is 11.1. The molecule has 10 nitrogen and oxygen atoms in total. The fraction of sp³-hybridized carbons (Fsp3) is 0.409. The summed E-state index contributed by atoms with van der Waals surface area (Å²) < 4.78 is 45.5. The summed E-state index contributed by atoms with van der Waals surface area (Å²) in [6.07, 6.45) is 3.88. The molecule has 0 atom stereocenters. The number of hydrogen-bond donors (Lipinski definition) is 1. The molecule has 1 saturated heterocycles. The molecule has 33 heavy (non-hydrogen) atoms. The van der Waals surface area contributed by atoms with E-state index >= 15 is 0 Å². The number of anilines is 1. The highest BCUT2D eigenvalue weighted by Crippen LogP contribution is 2.33. The zero-order valence-corrected chi connectivity index (χ0v) is 19.6. The van der Waals surface area contributed by atoms with E-state index in [1.165, 1.54) is 18.3 Å². The predicted octanol–water partition coefficient (Wildman–Crippen LogP) is 3.19. The molecule has 2 aromatic rings. The Morgan fingerprint density at radius 1 is 1.21 bits per heavy atom. The van der Waals surface area contributed by atoms with Crippen LogP contribution in [-0.2, 0) is 24.1 Å². The molecule has 1 aliphatic heterocycles. The third-order valence-electron chi connectivity index (χ3n) is 4.65. The van der Waals surface area contributed by atoms with Crippen molar-refractivity contribution in [2.75, 3.05) is 31.5 Å². The summed E-state index contributed by atoms with van der Waals surface area (Å²) in [5.74, 6) is 0.807. The fourth-order valence-corrected chi connectivity index (χ4v) is 3.50. The van der Waals surface area contributed by atoms with E-state index in [0.717, 1.165) is 19.1 Å². The van der Waals surface area contributed by atoms with E-state index in [-0.39, 0.29) is 23.4 Å². The molecule has 1 aromatic heterocycles. The van der Waals surface area contributed by atoms with E-state index in [2.05, 4.69) is 15.5 Å². The Labute approximate surface area is 192 Å². The van der Waals surface area contributed by atoms with Crippen LogP contribution in [0.4, 0.5) is 5.69 Å². The Kier molecular flexibility index (Phi) is 8.23. The number of benzene rings is 1. The van der Waals surface area contributed by atoms with E-state index in [1.54, 1.807) is 32.0 Å². The van der Waals surface area contributed by atoms with Crippen molar-refractivity contribution in [1.29, 1.82) is 0 Å². The third-order valence-corrected chi connectivity index (χ3v) is 5.66. The quantitative estimate of drug-likeness (QED) is 0.329. The number of ether oxygens (including phenoxy) is 4. The first-order valence-electron chi connectivity index (χ1n) is 10.5. The van der Waals surface area contributed by atoms with Gasteiger partial charge in [0, 0.05) is 25.2 Å². The van der Waals surface area contributed by atoms with E-state index < -0.39 is 15.8 Å². The van der Waals surface area contributed by atoms with Gasteiger partial charge < -0.3 is 18.9 Å². The third kappa shape index (κ3) is 7.16. The van der Waals surface area contributed by atoms with Crippen LogP contribution < -0.4 is 14.9 Å². The summed E-state index contributed by atoms with van der Waals surface area (Å²) in [4.78, 5) is 15.7. The monoisotopic (exact) mass is 477 g/mol. The molecule has 0 radical (unpaired) electrons. The van der Waals surface area contributed by atoms with Gasteiger partial charge in [-0.05, 0) is 38.1 Å². The molecule has 3 rings (SSSR count). The van der Waals surface area contributed by atoms with Gasteiger partial charge in [-0.25, -0.2) is 18.2 Å². The van der Waals surface area contributed by atoms with E-state index in [4.69, 9.17) is 18.9 Å². The summed E-state index contributed by atoms with van der Waals surface area (Å²) in [6, 6.07) is 8.01. The lowest BCUT2D eigenvalue weighted by Crippen LogP contribution is -2.26. The first-order valence-corrected chi connectivity index (χ1v) is 12.3. The normalized spacial score (nSPS) is 15.1. The molecule has 1 N–H and O–H groups in total. The number of rotatable bonds is 9. The van der Waals surface area contributed by atoms with Crippen LogP contribution in [0.15, 0.2) is 46.7 Å². The number of nitrogens with one attached hydrogen (secondary N) is 1. The molecule has 0 bridgehead atoms. The number of hydrazone groups is 1. The van der Waals surface area contributed by atoms with Gasteiger partial charge in [-0.3, -0.25) is 5.43 Å². The lowest BCUT2D eigenvalue weighted by Gasteiger charge is -2.24. The molecule has 1 aliphatic rings. The van der Waals surface area contributed by atoms with Crippen LogP contribution in [0.3, 0.4) is 0 Å². The zero-order valence-electron chi connectivity index (χ0n) is 18.7. The van der Waals surface area contributed by atoms with Crippen LogP contribution in [0.1, 0.15) is 26.7 Å². The number of esters is 1. The summed E-state index contributed by atoms with van der Waals surface area (Å²) in [5.41, 5.74) is 3.57. The van der Waals surface area contributed by atoms with Crippen LogP contribution >= 0.6 is 0 Å². The molecule has 0 saturated carbocycles. The lowest BCUT2D eigenvalue weighted by molar-refractivity contribution is -0.135. The van der Waals surface area contributed by atoms with Crippen molar-refractivity contribution in [2.24, 2.45) is 5.10 Å². The molecule has 0 unspecified atom stereocenters. The Hall–Kier alpha value is -3.18. The number of pyridine rings is 1. The van der Waals surface area contributed by atoms with E-state index in [1.807, 2.05) is 0 Å². The summed E-state index contributed by atoms with van der Waals surface area (Å²) >= 11 is 0. The molecule has 0 aliphatic carbocycles. The Morgan fingerprint density at radius 2 is 1.94 bits per heavy atom. The Balaban J connectivity index is 1.81. The standard InChI is InChI=1S/C22H27N3O7S/c1-4-30-22(26)15(2)24-25-19-7-5-17(13-20(19)32-16-9-11-29-12-10-16)31-18-6-8-21(23-14-18)33(3,27)28/h5-8,13-14,16,25H,4,9-12H2,1-3H3. The number of carbonyl (C=O) groups excluding carboxylic acids is 1. The minimum absolute atomic E-state index is 0.0345. The van der Waals surface area contributed by atoms with Crippen molar-refractivity contribution in [1.82, 2.24) is 4.98 Å². The molecule has 1 aromatic carbocycles. The second-order valence-electron chi connectivity index (χ2n) is 7.32. The predicted molar refractivity (Wildman–Crippen MR) is 122 cm³/mol. The molecule has 0 spiro atoms. The van der Waals surface area contributed by atoms with Crippen molar-refractivity contribution in [3.63, 3.8) is 0 Å². The second-order valence-corrected chi connectivity index (χ2v) is 9.29. The molecule has 2 heterocycles. The highest BCUT2D eigenvalue weighted by Gasteiger charge is 2.18. The Morgan fingerprint density at radius 3 is 2.58 bits per heavy atom. The summed E-state index contributed by atoms with van der Waals surface area (Å²) in [6.45, 7) is 4.76. The van der Waals surface area contributed by atoms with Gasteiger partial charge in [0.15, 0.2) is 14.9 Å². The number of sulfone groups is 1. The number of hydrogen-bond acceptors (Lipinski definition) is 10. The number of aromatic nitrogens is 1. The number of carbonyl (C=O) groups is 1. The van der Waals surface area contributed by atoms with Gasteiger partial charge >= 0.3 is 5.97 Å². The van der Waals surface area contributed by atoms with E-state index in [9.17, 15) is 13.2 Å². The minimum Gasteiger partial charge on any atom is -0.488 e. The smallest absolute Gasteiger partial charge is 0.354 e. The summed E-state index contributed by atoms with van der Waals surface area (Å²) in [7, 11) is -3.40. The first-order chi connectivity index (χ1) is 15.8. The van der Waals surface area contributed by atoms with Gasteiger partial charge in [-0.15, -0.1) is 0 Å². The first kappa shape index (κ1) is 24.5. The molecule has 0 amide bonds. The maximum atomic E-state index is 11.8. The van der Waals surface area contributed by atoms with Crippen LogP contribution in [0.25, 0.3) is 0 Å². The average Bonchev–Trinajstić information content (AvgIpc) is 2.79. The highest BCUT2D eigenvalue weighted by molar-refractivity contribution is 7.90. The van der Waals surface area contributed by atoms with Crippen molar-refractivity contribution in [3.05, 3.63) is 36.5 Å². The molecular weight excluding hydrogens is 450 g/mol. The van der Waals surface area contributed by atoms with Crippen molar-refractivity contribution < 1.29 is 32.2 Å². The van der Waals surface area contributed by atoms with E-state index in [0.29, 0.717) is 36.1 Å². The molecule has 11 heteroatoms. The Bertz CT molecular complexity index is 1100. The molecular formula is C22H27N3O7S. The molecule has 178 valence electrons. The molecule has 1 fully saturated rings. The van der Waals surface area contributed by atoms with Gasteiger partial charge in [0.1, 0.15) is 29.1 Å². The fourth-order valence-electron chi connectivity index (χ4n) is 2.94. The largest absolute Gasteiger partial charge is 0.488 e. The maximum absolute atomic E-state index is 11.8. The SMILES string of the molecule is CCOC(=O)C(C)=NNc1ccc(Oc2ccc(S(C)(=O)=O)nc2)cc1OC1CCOCC1. The summed E-state index contributed by atoms with van der Waals surface area (Å²) in [5, 5.41) is 4.06. The van der Waals surface area contributed by atoms with Gasteiger partial charge in [0.2, 0.25) is 0 Å². The van der Waals surface area contributed by atoms with Crippen molar-refractivity contribution >= 4 is 27.2 Å². The van der Waals surface area contributed by atoms with Gasteiger partial charge in [-0.1, -0.05) is 0 Å². The van der Waals surface area contributed by atoms with Gasteiger partial charge in [-0.2, -0.15) is 5.10 Å². The lowest BCUT2D eigenvalue weighted by atomic mass is 10.1. The topological polar surface area (TPSA) is 125 Å². The maximum Gasteiger partial charge on any atom is 0.354 e. The van der Waals surface area contributed by atoms with Crippen molar-refractivity contribution in [3.8, 4) is 17.2 Å². The average molecular weight is 478 g/mol. The van der Waals surface area contributed by atoms with Crippen LogP contribution in [-0.4, -0.2) is 57.3 Å². The van der Waals surface area contributed by atoms with Crippen molar-refractivity contribution in [2.45, 2.75) is 37.8 Å². The van der Waals surface area contributed by atoms with Crippen LogP contribution in [0.5, 0.6) is 17.2 Å². The van der Waals surface area contributed by atoms with Crippen LogP contribution in [0, 0.1) is 0 Å². The van der Waals surface area contributed by atoms with Crippen LogP contribution in [0.2, 0.25) is 0 Å². The minimum atomic E-state index is -3.40. The highest BCUT2D eigenvalue weighted by atomic mass is 32.2. The van der Waals surface area contributed by atoms with Gasteiger partial charge in [0.25, 0.3) is 0 Å². The number of nitrogens with zero attached hydrogens (tertiary/aromatic N) is 2. The van der Waals surface area contributed by atoms with Gasteiger partial charge in [0.05, 0.1) is 31.7 Å². The zero-order chi connectivity index (χ0) is 23.8.